The van der Waals surface area contributed by atoms with E-state index in [1.807, 2.05) is 0 Å². The van der Waals surface area contributed by atoms with Crippen LogP contribution >= 0.6 is 0 Å². The Balaban J connectivity index is 2.26. The topological polar surface area (TPSA) is 63.3 Å². The highest BCUT2D eigenvalue weighted by atomic mass is 16.3. The quantitative estimate of drug-likeness (QED) is 0.490. The Bertz CT molecular complexity index is 113. The van der Waals surface area contributed by atoms with Gasteiger partial charge in [0.05, 0.1) is 0 Å². The molecule has 3 nitrogen and oxygen atoms in total. The second kappa shape index (κ2) is 1.74. The zero-order valence-electron chi connectivity index (χ0n) is 4.50. The molecule has 46 valence electrons. The first-order valence-corrected chi connectivity index (χ1v) is 2.66. The minimum Gasteiger partial charge on any atom is -0.396 e. The number of primary amides is 1. The van der Waals surface area contributed by atoms with E-state index in [-0.39, 0.29) is 24.3 Å². The number of aliphatic hydroxyl groups excluding tert-OH is 1. The summed E-state index contributed by atoms with van der Waals surface area (Å²) in [5.41, 5.74) is 4.91. The van der Waals surface area contributed by atoms with Crippen LogP contribution in [0.15, 0.2) is 0 Å². The van der Waals surface area contributed by atoms with Gasteiger partial charge in [0, 0.05) is 12.5 Å². The predicted octanol–water partition coefficient (Wildman–Crippen LogP) is -0.900. The molecule has 3 heteroatoms. The van der Waals surface area contributed by atoms with E-state index in [4.69, 9.17) is 10.8 Å². The number of aliphatic hydroxyl groups is 1. The summed E-state index contributed by atoms with van der Waals surface area (Å²) in [6, 6.07) is 0. The van der Waals surface area contributed by atoms with Crippen molar-refractivity contribution in [2.75, 3.05) is 6.61 Å². The van der Waals surface area contributed by atoms with Crippen molar-refractivity contribution in [1.29, 1.82) is 0 Å². The number of hydrogen-bond acceptors (Lipinski definition) is 2. The Hall–Kier alpha value is -0.570. The fourth-order valence-electron chi connectivity index (χ4n) is 0.798. The summed E-state index contributed by atoms with van der Waals surface area (Å²) < 4.78 is 0. The summed E-state index contributed by atoms with van der Waals surface area (Å²) in [5, 5.41) is 8.42. The highest BCUT2D eigenvalue weighted by molar-refractivity contribution is 5.79. The first kappa shape index (κ1) is 5.56. The molecule has 3 N–H and O–H groups in total. The van der Waals surface area contributed by atoms with Gasteiger partial charge >= 0.3 is 0 Å². The Kier molecular flexibility index (Phi) is 1.21. The Morgan fingerprint density at radius 3 is 2.62 bits per heavy atom. The number of carbonyl (C=O) groups is 1. The predicted molar refractivity (Wildman–Crippen MR) is 27.9 cm³/mol. The van der Waals surface area contributed by atoms with Gasteiger partial charge in [-0.3, -0.25) is 4.79 Å². The van der Waals surface area contributed by atoms with Crippen LogP contribution in [0.1, 0.15) is 6.42 Å². The van der Waals surface area contributed by atoms with Crippen molar-refractivity contribution >= 4 is 5.91 Å². The average Bonchev–Trinajstić information content (AvgIpc) is 2.42. The van der Waals surface area contributed by atoms with Gasteiger partial charge in [-0.15, -0.1) is 0 Å². The van der Waals surface area contributed by atoms with Crippen LogP contribution in [0.5, 0.6) is 0 Å². The number of rotatable bonds is 2. The fourth-order valence-corrected chi connectivity index (χ4v) is 0.798. The molecular formula is C5H9NO2. The largest absolute Gasteiger partial charge is 0.396 e. The van der Waals surface area contributed by atoms with Gasteiger partial charge in [0.25, 0.3) is 0 Å². The van der Waals surface area contributed by atoms with Crippen LogP contribution in [0, 0.1) is 11.8 Å². The molecule has 0 spiro atoms. The van der Waals surface area contributed by atoms with E-state index in [2.05, 4.69) is 0 Å². The van der Waals surface area contributed by atoms with Gasteiger partial charge in [0.1, 0.15) is 0 Å². The SMILES string of the molecule is NC(=O)[C@H]1CC1CO. The van der Waals surface area contributed by atoms with E-state index >= 15 is 0 Å². The van der Waals surface area contributed by atoms with Crippen molar-refractivity contribution in [2.24, 2.45) is 17.6 Å². The third-order valence-corrected chi connectivity index (χ3v) is 1.52. The molecule has 0 aromatic carbocycles. The van der Waals surface area contributed by atoms with Gasteiger partial charge in [-0.2, -0.15) is 0 Å². The van der Waals surface area contributed by atoms with Crippen molar-refractivity contribution in [3.05, 3.63) is 0 Å². The molecule has 1 unspecified atom stereocenters. The third-order valence-electron chi connectivity index (χ3n) is 1.52. The maximum absolute atomic E-state index is 10.2. The van der Waals surface area contributed by atoms with Gasteiger partial charge < -0.3 is 10.8 Å². The van der Waals surface area contributed by atoms with Crippen molar-refractivity contribution in [3.8, 4) is 0 Å². The van der Waals surface area contributed by atoms with Crippen LogP contribution in [0.2, 0.25) is 0 Å². The second-order valence-electron chi connectivity index (χ2n) is 2.19. The summed E-state index contributed by atoms with van der Waals surface area (Å²) >= 11 is 0. The van der Waals surface area contributed by atoms with Crippen LogP contribution in [-0.4, -0.2) is 17.6 Å². The molecule has 1 rings (SSSR count). The van der Waals surface area contributed by atoms with Crippen LogP contribution in [0.3, 0.4) is 0 Å². The second-order valence-corrected chi connectivity index (χ2v) is 2.19. The molecular weight excluding hydrogens is 106 g/mol. The molecule has 1 saturated carbocycles. The lowest BCUT2D eigenvalue weighted by molar-refractivity contribution is -0.119. The maximum atomic E-state index is 10.2. The fraction of sp³-hybridized carbons (Fsp3) is 0.800. The molecule has 1 aliphatic rings. The number of hydrogen-bond donors (Lipinski definition) is 2. The van der Waals surface area contributed by atoms with E-state index in [0.717, 1.165) is 6.42 Å². The highest BCUT2D eigenvalue weighted by Gasteiger charge is 2.40. The standard InChI is InChI=1S/C5H9NO2/c6-5(8)4-1-3(4)2-7/h3-4,7H,1-2H2,(H2,6,8)/t3?,4-/m0/s1. The smallest absolute Gasteiger partial charge is 0.220 e. The molecule has 1 fully saturated rings. The van der Waals surface area contributed by atoms with Gasteiger partial charge in [0.15, 0.2) is 0 Å². The first-order chi connectivity index (χ1) is 3.75. The van der Waals surface area contributed by atoms with Gasteiger partial charge in [-0.1, -0.05) is 0 Å². The van der Waals surface area contributed by atoms with Gasteiger partial charge in [-0.05, 0) is 12.3 Å². The summed E-state index contributed by atoms with van der Waals surface area (Å²) in [5.74, 6) is -0.128. The van der Waals surface area contributed by atoms with Crippen molar-refractivity contribution in [1.82, 2.24) is 0 Å². The third kappa shape index (κ3) is 0.816. The first-order valence-electron chi connectivity index (χ1n) is 2.66. The summed E-state index contributed by atoms with van der Waals surface area (Å²) in [6.07, 6.45) is 0.784. The molecule has 0 radical (unpaired) electrons. The van der Waals surface area contributed by atoms with Crippen LogP contribution in [0.25, 0.3) is 0 Å². The molecule has 2 atom stereocenters. The zero-order valence-corrected chi connectivity index (χ0v) is 4.50. The zero-order chi connectivity index (χ0) is 6.15. The summed E-state index contributed by atoms with van der Waals surface area (Å²) in [6.45, 7) is 0.105. The minimum absolute atomic E-state index is 0.0278. The Labute approximate surface area is 47.5 Å². The Morgan fingerprint density at radius 1 is 1.88 bits per heavy atom. The minimum atomic E-state index is -0.274. The molecule has 1 amide bonds. The average molecular weight is 115 g/mol. The molecule has 1 aliphatic carbocycles. The lowest BCUT2D eigenvalue weighted by Crippen LogP contribution is -2.14. The lowest BCUT2D eigenvalue weighted by atomic mass is 10.3. The molecule has 0 aliphatic heterocycles. The van der Waals surface area contributed by atoms with Crippen LogP contribution < -0.4 is 5.73 Å². The highest BCUT2D eigenvalue weighted by Crippen LogP contribution is 2.36. The number of amides is 1. The molecule has 0 heterocycles. The van der Waals surface area contributed by atoms with E-state index in [1.54, 1.807) is 0 Å². The number of nitrogens with two attached hydrogens (primary N) is 1. The van der Waals surface area contributed by atoms with Gasteiger partial charge in [-0.25, -0.2) is 0 Å². The molecule has 0 aromatic heterocycles. The van der Waals surface area contributed by atoms with E-state index in [1.165, 1.54) is 0 Å². The monoisotopic (exact) mass is 115 g/mol. The molecule has 0 aromatic rings. The van der Waals surface area contributed by atoms with Crippen molar-refractivity contribution in [2.45, 2.75) is 6.42 Å². The summed E-state index contributed by atoms with van der Waals surface area (Å²) in [4.78, 5) is 10.2. The molecule has 0 bridgehead atoms. The van der Waals surface area contributed by atoms with E-state index in [0.29, 0.717) is 0 Å². The van der Waals surface area contributed by atoms with E-state index in [9.17, 15) is 4.79 Å². The molecule has 0 saturated heterocycles. The maximum Gasteiger partial charge on any atom is 0.220 e. The van der Waals surface area contributed by atoms with Crippen molar-refractivity contribution < 1.29 is 9.90 Å². The summed E-state index contributed by atoms with van der Waals surface area (Å²) in [7, 11) is 0. The van der Waals surface area contributed by atoms with Crippen LogP contribution in [-0.2, 0) is 4.79 Å². The normalized spacial score (nSPS) is 34.6. The Morgan fingerprint density at radius 2 is 2.50 bits per heavy atom. The van der Waals surface area contributed by atoms with Crippen LogP contribution in [0.4, 0.5) is 0 Å². The van der Waals surface area contributed by atoms with E-state index < -0.39 is 0 Å². The lowest BCUT2D eigenvalue weighted by Gasteiger charge is -1.85. The van der Waals surface area contributed by atoms with Crippen molar-refractivity contribution in [3.63, 3.8) is 0 Å². The van der Waals surface area contributed by atoms with Gasteiger partial charge in [0.2, 0.25) is 5.91 Å². The number of carbonyl (C=O) groups excluding carboxylic acids is 1. The molecule has 8 heavy (non-hydrogen) atoms.